The summed E-state index contributed by atoms with van der Waals surface area (Å²) >= 11 is 3.61. The number of nitrogens with zero attached hydrogens (tertiary/aromatic N) is 1. The van der Waals surface area contributed by atoms with Crippen molar-refractivity contribution in [1.82, 2.24) is 4.90 Å². The van der Waals surface area contributed by atoms with E-state index >= 15 is 0 Å². The lowest BCUT2D eigenvalue weighted by Crippen LogP contribution is -2.36. The lowest BCUT2D eigenvalue weighted by Gasteiger charge is -2.34. The van der Waals surface area contributed by atoms with Crippen molar-refractivity contribution in [3.05, 3.63) is 0 Å². The second-order valence-electron chi connectivity index (χ2n) is 3.89. The summed E-state index contributed by atoms with van der Waals surface area (Å²) in [5, 5.41) is 0. The molecule has 0 radical (unpaired) electrons. The van der Waals surface area contributed by atoms with Gasteiger partial charge in [-0.3, -0.25) is 0 Å². The van der Waals surface area contributed by atoms with E-state index in [1.54, 1.807) is 0 Å². The fraction of sp³-hybridized carbons (Fsp3) is 1.00. The molecule has 0 unspecified atom stereocenters. The third-order valence-corrected chi connectivity index (χ3v) is 3.32. The van der Waals surface area contributed by atoms with Crippen molar-refractivity contribution in [2.45, 2.75) is 24.6 Å². The number of halogens is 1. The third kappa shape index (κ3) is 4.43. The zero-order valence-electron chi connectivity index (χ0n) is 8.63. The minimum atomic E-state index is 0.790. The van der Waals surface area contributed by atoms with E-state index < -0.39 is 0 Å². The standard InChI is InChI=1S/C10H20BrNO/c1-3-13-5-4-12(2)8-9-6-10(11)7-9/h9-10H,3-8H2,1-2H3. The molecule has 0 N–H and O–H groups in total. The molecule has 3 heteroatoms. The maximum Gasteiger partial charge on any atom is 0.0593 e. The fourth-order valence-electron chi connectivity index (χ4n) is 1.70. The summed E-state index contributed by atoms with van der Waals surface area (Å²) < 4.78 is 5.31. The molecule has 0 aliphatic heterocycles. The molecule has 0 saturated heterocycles. The summed E-state index contributed by atoms with van der Waals surface area (Å²) in [4.78, 5) is 3.16. The van der Waals surface area contributed by atoms with Crippen molar-refractivity contribution >= 4 is 15.9 Å². The Labute approximate surface area is 89.8 Å². The molecule has 1 saturated carbocycles. The molecular formula is C10H20BrNO. The van der Waals surface area contributed by atoms with Gasteiger partial charge in [0.2, 0.25) is 0 Å². The van der Waals surface area contributed by atoms with E-state index in [0.29, 0.717) is 0 Å². The minimum absolute atomic E-state index is 0.790. The van der Waals surface area contributed by atoms with Gasteiger partial charge in [0.05, 0.1) is 6.61 Å². The molecule has 1 aliphatic rings. The summed E-state index contributed by atoms with van der Waals surface area (Å²) in [7, 11) is 2.18. The lowest BCUT2D eigenvalue weighted by atomic mass is 9.85. The second-order valence-corrected chi connectivity index (χ2v) is 5.19. The van der Waals surface area contributed by atoms with E-state index in [1.807, 2.05) is 6.92 Å². The Morgan fingerprint density at radius 1 is 1.46 bits per heavy atom. The van der Waals surface area contributed by atoms with Gasteiger partial charge in [0.15, 0.2) is 0 Å². The topological polar surface area (TPSA) is 12.5 Å². The number of alkyl halides is 1. The Morgan fingerprint density at radius 2 is 2.15 bits per heavy atom. The van der Waals surface area contributed by atoms with Gasteiger partial charge in [-0.2, -0.15) is 0 Å². The Hall–Kier alpha value is 0.400. The maximum atomic E-state index is 5.31. The van der Waals surface area contributed by atoms with Crippen molar-refractivity contribution in [2.75, 3.05) is 33.4 Å². The van der Waals surface area contributed by atoms with Crippen LogP contribution in [0, 0.1) is 5.92 Å². The van der Waals surface area contributed by atoms with Gasteiger partial charge in [0.25, 0.3) is 0 Å². The van der Waals surface area contributed by atoms with E-state index in [1.165, 1.54) is 19.4 Å². The zero-order valence-corrected chi connectivity index (χ0v) is 10.2. The van der Waals surface area contributed by atoms with Gasteiger partial charge in [-0.25, -0.2) is 0 Å². The summed E-state index contributed by atoms with van der Waals surface area (Å²) in [6.45, 7) is 6.05. The number of hydrogen-bond donors (Lipinski definition) is 0. The normalized spacial score (nSPS) is 27.7. The molecule has 0 atom stereocenters. The maximum absolute atomic E-state index is 5.31. The second kappa shape index (κ2) is 5.99. The molecular weight excluding hydrogens is 230 g/mol. The highest BCUT2D eigenvalue weighted by Gasteiger charge is 2.27. The molecule has 0 heterocycles. The van der Waals surface area contributed by atoms with Crippen molar-refractivity contribution < 1.29 is 4.74 Å². The van der Waals surface area contributed by atoms with E-state index in [0.717, 1.165) is 30.5 Å². The zero-order chi connectivity index (χ0) is 9.68. The van der Waals surface area contributed by atoms with E-state index in [-0.39, 0.29) is 0 Å². The molecule has 0 amide bonds. The predicted molar refractivity (Wildman–Crippen MR) is 59.4 cm³/mol. The number of likely N-dealkylation sites (N-methyl/N-ethyl adjacent to an activating group) is 1. The molecule has 0 spiro atoms. The largest absolute Gasteiger partial charge is 0.380 e. The van der Waals surface area contributed by atoms with Crippen LogP contribution in [0.15, 0.2) is 0 Å². The average Bonchev–Trinajstić information content (AvgIpc) is 2.02. The van der Waals surface area contributed by atoms with Crippen molar-refractivity contribution in [3.8, 4) is 0 Å². The van der Waals surface area contributed by atoms with Gasteiger partial charge in [0.1, 0.15) is 0 Å². The van der Waals surface area contributed by atoms with Crippen LogP contribution in [0.25, 0.3) is 0 Å². The van der Waals surface area contributed by atoms with Crippen LogP contribution in [-0.2, 0) is 4.74 Å². The fourth-order valence-corrected chi connectivity index (χ4v) is 2.76. The molecule has 1 aliphatic carbocycles. The summed E-state index contributed by atoms with van der Waals surface area (Å²) in [5.41, 5.74) is 0. The number of ether oxygens (including phenoxy) is 1. The van der Waals surface area contributed by atoms with Gasteiger partial charge in [0, 0.05) is 24.5 Å². The van der Waals surface area contributed by atoms with Crippen LogP contribution in [-0.4, -0.2) is 43.1 Å². The molecule has 1 fully saturated rings. The molecule has 1 rings (SSSR count). The first kappa shape index (κ1) is 11.5. The Bertz CT molecular complexity index is 137. The third-order valence-electron chi connectivity index (χ3n) is 2.57. The van der Waals surface area contributed by atoms with Crippen molar-refractivity contribution in [1.29, 1.82) is 0 Å². The van der Waals surface area contributed by atoms with Gasteiger partial charge < -0.3 is 9.64 Å². The Kier molecular flexibility index (Phi) is 5.29. The quantitative estimate of drug-likeness (QED) is 0.529. The lowest BCUT2D eigenvalue weighted by molar-refractivity contribution is 0.110. The highest BCUT2D eigenvalue weighted by atomic mass is 79.9. The van der Waals surface area contributed by atoms with E-state index in [2.05, 4.69) is 27.9 Å². The smallest absolute Gasteiger partial charge is 0.0593 e. The summed E-state index contributed by atoms with van der Waals surface area (Å²) in [5.74, 6) is 0.913. The summed E-state index contributed by atoms with van der Waals surface area (Å²) in [6, 6.07) is 0. The first-order valence-corrected chi connectivity index (χ1v) is 6.04. The highest BCUT2D eigenvalue weighted by molar-refractivity contribution is 9.09. The first-order chi connectivity index (χ1) is 6.22. The van der Waals surface area contributed by atoms with Gasteiger partial charge in [-0.05, 0) is 32.7 Å². The van der Waals surface area contributed by atoms with Crippen LogP contribution in [0.3, 0.4) is 0 Å². The van der Waals surface area contributed by atoms with Crippen molar-refractivity contribution in [2.24, 2.45) is 5.92 Å². The van der Waals surface area contributed by atoms with Gasteiger partial charge >= 0.3 is 0 Å². The Morgan fingerprint density at radius 3 is 2.69 bits per heavy atom. The molecule has 78 valence electrons. The molecule has 2 nitrogen and oxygen atoms in total. The van der Waals surface area contributed by atoms with Crippen LogP contribution >= 0.6 is 15.9 Å². The molecule has 0 aromatic carbocycles. The highest BCUT2D eigenvalue weighted by Crippen LogP contribution is 2.33. The number of hydrogen-bond acceptors (Lipinski definition) is 2. The van der Waals surface area contributed by atoms with Crippen molar-refractivity contribution in [3.63, 3.8) is 0 Å². The van der Waals surface area contributed by atoms with Crippen LogP contribution in [0.4, 0.5) is 0 Å². The summed E-state index contributed by atoms with van der Waals surface area (Å²) in [6.07, 6.45) is 2.69. The molecule has 0 aromatic heterocycles. The van der Waals surface area contributed by atoms with Gasteiger partial charge in [-0.1, -0.05) is 15.9 Å². The molecule has 0 bridgehead atoms. The predicted octanol–water partition coefficient (Wildman–Crippen LogP) is 2.13. The average molecular weight is 250 g/mol. The van der Waals surface area contributed by atoms with Crippen LogP contribution in [0.1, 0.15) is 19.8 Å². The monoisotopic (exact) mass is 249 g/mol. The van der Waals surface area contributed by atoms with E-state index in [9.17, 15) is 0 Å². The van der Waals surface area contributed by atoms with E-state index in [4.69, 9.17) is 4.74 Å². The Balaban J connectivity index is 1.95. The van der Waals surface area contributed by atoms with Gasteiger partial charge in [-0.15, -0.1) is 0 Å². The first-order valence-electron chi connectivity index (χ1n) is 5.12. The van der Waals surface area contributed by atoms with Crippen LogP contribution < -0.4 is 0 Å². The minimum Gasteiger partial charge on any atom is -0.380 e. The molecule has 13 heavy (non-hydrogen) atoms. The van der Waals surface area contributed by atoms with Crippen LogP contribution in [0.5, 0.6) is 0 Å². The van der Waals surface area contributed by atoms with Crippen LogP contribution in [0.2, 0.25) is 0 Å². The SMILES string of the molecule is CCOCCN(C)CC1CC(Br)C1. The molecule has 0 aromatic rings. The number of rotatable bonds is 6.